The Labute approximate surface area is 258 Å². The maximum absolute atomic E-state index is 12.9. The van der Waals surface area contributed by atoms with E-state index in [0.717, 1.165) is 15.7 Å². The molecule has 0 unspecified atom stereocenters. The fourth-order valence-corrected chi connectivity index (χ4v) is 5.96. The number of hydrogen-bond donors (Lipinski definition) is 3. The van der Waals surface area contributed by atoms with Gasteiger partial charge in [-0.1, -0.05) is 54.1 Å². The number of aliphatic hydroxyl groups is 1. The molecule has 11 nitrogen and oxygen atoms in total. The molecular weight excluding hydrogens is 586 g/mol. The topological polar surface area (TPSA) is 151 Å². The molecule has 1 amide bonds. The van der Waals surface area contributed by atoms with Crippen LogP contribution in [0.3, 0.4) is 0 Å². The Bertz CT molecular complexity index is 1870. The van der Waals surface area contributed by atoms with E-state index in [-0.39, 0.29) is 17.3 Å². The van der Waals surface area contributed by atoms with Crippen LogP contribution in [0.5, 0.6) is 5.88 Å². The third-order valence-corrected chi connectivity index (χ3v) is 8.49. The first-order chi connectivity index (χ1) is 21.0. The first-order valence-corrected chi connectivity index (χ1v) is 14.4. The molecule has 1 saturated heterocycles. The maximum atomic E-state index is 12.9. The van der Waals surface area contributed by atoms with E-state index in [1.54, 1.807) is 19.2 Å². The molecule has 2 aromatic heterocycles. The van der Waals surface area contributed by atoms with Gasteiger partial charge >= 0.3 is 5.69 Å². The number of ether oxygens (including phenoxy) is 2. The summed E-state index contributed by atoms with van der Waals surface area (Å²) in [5.74, 6) is -0.495. The number of nitrogens with zero attached hydrogens (tertiary/aromatic N) is 3. The van der Waals surface area contributed by atoms with Crippen LogP contribution in [0.15, 0.2) is 58.1 Å². The van der Waals surface area contributed by atoms with Crippen molar-refractivity contribution in [2.24, 2.45) is 19.8 Å². The molecule has 4 N–H and O–H groups in total. The summed E-state index contributed by atoms with van der Waals surface area (Å²) in [6.45, 7) is 3.18. The number of benzene rings is 2. The minimum Gasteiger partial charge on any atom is -0.481 e. The van der Waals surface area contributed by atoms with E-state index in [1.165, 1.54) is 18.7 Å². The average Bonchev–Trinajstić information content (AvgIpc) is 3.01. The largest absolute Gasteiger partial charge is 0.481 e. The molecule has 4 aromatic rings. The third kappa shape index (κ3) is 5.67. The summed E-state index contributed by atoms with van der Waals surface area (Å²) in [4.78, 5) is 42.8. The molecular formula is C32H34ClN5O6. The lowest BCUT2D eigenvalue weighted by Gasteiger charge is -2.28. The zero-order valence-electron chi connectivity index (χ0n) is 24.9. The van der Waals surface area contributed by atoms with E-state index in [2.05, 4.69) is 5.32 Å². The lowest BCUT2D eigenvalue weighted by atomic mass is 9.92. The van der Waals surface area contributed by atoms with E-state index in [9.17, 15) is 19.5 Å². The van der Waals surface area contributed by atoms with Crippen LogP contribution in [0.2, 0.25) is 5.02 Å². The Morgan fingerprint density at radius 1 is 1.09 bits per heavy atom. The SMILES string of the molecule is COc1nc(-c2cccc(-c3cccc(-c4c(C(N)=O)c(=O)n(C)c(=O)n4C)c3C)c2Cl)ccc1CN[C@@H]1CCOC[C@@H]1O. The molecule has 0 spiro atoms. The van der Waals surface area contributed by atoms with Crippen molar-refractivity contribution < 1.29 is 19.4 Å². The molecule has 2 atom stereocenters. The van der Waals surface area contributed by atoms with Gasteiger partial charge in [-0.05, 0) is 30.5 Å². The normalized spacial score (nSPS) is 16.6. The first-order valence-electron chi connectivity index (χ1n) is 14.1. The zero-order valence-corrected chi connectivity index (χ0v) is 25.6. The number of nitrogens with two attached hydrogens (primary N) is 1. The molecule has 5 rings (SSSR count). The summed E-state index contributed by atoms with van der Waals surface area (Å²) < 4.78 is 13.0. The number of primary amides is 1. The van der Waals surface area contributed by atoms with Crippen molar-refractivity contribution in [1.29, 1.82) is 0 Å². The summed E-state index contributed by atoms with van der Waals surface area (Å²) in [6, 6.07) is 14.7. The number of halogens is 1. The second-order valence-corrected chi connectivity index (χ2v) is 11.1. The van der Waals surface area contributed by atoms with Crippen LogP contribution in [0.25, 0.3) is 33.6 Å². The Kier molecular flexibility index (Phi) is 9.02. The summed E-state index contributed by atoms with van der Waals surface area (Å²) in [7, 11) is 4.35. The number of hydrogen-bond acceptors (Lipinski definition) is 8. The lowest BCUT2D eigenvalue weighted by molar-refractivity contribution is -0.0281. The van der Waals surface area contributed by atoms with Crippen molar-refractivity contribution in [3.05, 3.63) is 91.1 Å². The monoisotopic (exact) mass is 619 g/mol. The molecule has 0 saturated carbocycles. The number of methoxy groups -OCH3 is 1. The van der Waals surface area contributed by atoms with E-state index >= 15 is 0 Å². The Morgan fingerprint density at radius 3 is 2.45 bits per heavy atom. The minimum atomic E-state index is -0.927. The van der Waals surface area contributed by atoms with Gasteiger partial charge in [-0.3, -0.25) is 18.7 Å². The predicted octanol–water partition coefficient (Wildman–Crippen LogP) is 2.79. The highest BCUT2D eigenvalue weighted by Gasteiger charge is 2.25. The summed E-state index contributed by atoms with van der Waals surface area (Å²) in [5, 5.41) is 14.0. The van der Waals surface area contributed by atoms with Gasteiger partial charge in [-0.2, -0.15) is 0 Å². The van der Waals surface area contributed by atoms with Crippen molar-refractivity contribution in [3.8, 4) is 39.5 Å². The van der Waals surface area contributed by atoms with Gasteiger partial charge in [0.05, 0.1) is 36.2 Å². The number of aromatic nitrogens is 3. The molecule has 1 fully saturated rings. The van der Waals surface area contributed by atoms with Crippen molar-refractivity contribution >= 4 is 17.5 Å². The first kappa shape index (κ1) is 31.1. The Morgan fingerprint density at radius 2 is 1.77 bits per heavy atom. The number of amides is 1. The second kappa shape index (κ2) is 12.7. The number of rotatable bonds is 8. The van der Waals surface area contributed by atoms with Crippen LogP contribution in [-0.4, -0.2) is 57.6 Å². The van der Waals surface area contributed by atoms with Crippen LogP contribution in [-0.2, 0) is 25.4 Å². The van der Waals surface area contributed by atoms with Gasteiger partial charge in [0, 0.05) is 55.5 Å². The van der Waals surface area contributed by atoms with E-state index in [4.69, 9.17) is 31.8 Å². The molecule has 0 aliphatic carbocycles. The van der Waals surface area contributed by atoms with Crippen LogP contribution in [0, 0.1) is 6.92 Å². The summed E-state index contributed by atoms with van der Waals surface area (Å²) in [5.41, 5.74) is 8.87. The van der Waals surface area contributed by atoms with Crippen LogP contribution < -0.4 is 27.0 Å². The fourth-order valence-electron chi connectivity index (χ4n) is 5.64. The van der Waals surface area contributed by atoms with E-state index in [1.807, 2.05) is 43.3 Å². The minimum absolute atomic E-state index is 0.0846. The number of carbonyl (C=O) groups is 1. The molecule has 2 aromatic carbocycles. The van der Waals surface area contributed by atoms with E-state index in [0.29, 0.717) is 65.0 Å². The summed E-state index contributed by atoms with van der Waals surface area (Å²) in [6.07, 6.45) is 0.129. The maximum Gasteiger partial charge on any atom is 0.330 e. The highest BCUT2D eigenvalue weighted by molar-refractivity contribution is 6.36. The Balaban J connectivity index is 1.55. The number of carbonyl (C=O) groups excluding carboxylic acids is 1. The Hall–Kier alpha value is -4.29. The standard InChI is InChI=1S/C32H34ClN5O6/c1-17-19(7-5-8-20(17)28-26(29(34)40)31(41)38(3)32(42)37(28)2)21-9-6-10-22(27(21)33)23-12-11-18(30(36-23)43-4)15-35-24-13-14-44-16-25(24)39/h5-12,24-25,35,39H,13-16H2,1-4H3,(H2,34,40)/t24-,25+/m1/s1. The lowest BCUT2D eigenvalue weighted by Crippen LogP contribution is -2.46. The highest BCUT2D eigenvalue weighted by atomic mass is 35.5. The highest BCUT2D eigenvalue weighted by Crippen LogP contribution is 2.40. The van der Waals surface area contributed by atoms with Gasteiger partial charge < -0.3 is 25.6 Å². The molecule has 12 heteroatoms. The number of nitrogens with one attached hydrogen (secondary N) is 1. The van der Waals surface area contributed by atoms with Crippen LogP contribution >= 0.6 is 11.6 Å². The zero-order chi connectivity index (χ0) is 31.7. The molecule has 44 heavy (non-hydrogen) atoms. The van der Waals surface area contributed by atoms with Gasteiger partial charge in [0.15, 0.2) is 0 Å². The van der Waals surface area contributed by atoms with Crippen LogP contribution in [0.1, 0.15) is 27.9 Å². The van der Waals surface area contributed by atoms with Crippen molar-refractivity contribution in [3.63, 3.8) is 0 Å². The quantitative estimate of drug-likeness (QED) is 0.272. The number of pyridine rings is 1. The van der Waals surface area contributed by atoms with Gasteiger partial charge in [0.2, 0.25) is 5.88 Å². The predicted molar refractivity (Wildman–Crippen MR) is 168 cm³/mol. The number of aliphatic hydroxyl groups excluding tert-OH is 1. The van der Waals surface area contributed by atoms with Gasteiger partial charge in [-0.15, -0.1) is 0 Å². The fraction of sp³-hybridized carbons (Fsp3) is 0.312. The summed E-state index contributed by atoms with van der Waals surface area (Å²) >= 11 is 7.03. The second-order valence-electron chi connectivity index (χ2n) is 10.7. The van der Waals surface area contributed by atoms with Crippen LogP contribution in [0.4, 0.5) is 0 Å². The molecule has 230 valence electrons. The van der Waals surface area contributed by atoms with Crippen molar-refractivity contribution in [2.75, 3.05) is 20.3 Å². The van der Waals surface area contributed by atoms with Gasteiger partial charge in [-0.25, -0.2) is 9.78 Å². The molecule has 3 heterocycles. The molecule has 1 aliphatic rings. The van der Waals surface area contributed by atoms with Gasteiger partial charge in [0.1, 0.15) is 5.56 Å². The molecule has 1 aliphatic heterocycles. The van der Waals surface area contributed by atoms with Crippen molar-refractivity contribution in [1.82, 2.24) is 19.4 Å². The third-order valence-electron chi connectivity index (χ3n) is 8.08. The average molecular weight is 620 g/mol. The molecule has 0 radical (unpaired) electrons. The molecule has 0 bridgehead atoms. The van der Waals surface area contributed by atoms with E-state index < -0.39 is 23.3 Å². The van der Waals surface area contributed by atoms with Crippen molar-refractivity contribution in [2.45, 2.75) is 32.0 Å². The smallest absolute Gasteiger partial charge is 0.330 e. The van der Waals surface area contributed by atoms with Gasteiger partial charge in [0.25, 0.3) is 11.5 Å².